The lowest BCUT2D eigenvalue weighted by atomic mass is 9.87. The Morgan fingerprint density at radius 3 is 2.06 bits per heavy atom. The number of benzene rings is 3. The molecule has 0 unspecified atom stereocenters. The van der Waals surface area contributed by atoms with Crippen molar-refractivity contribution in [3.05, 3.63) is 102 Å². The summed E-state index contributed by atoms with van der Waals surface area (Å²) in [6, 6.07) is 29.9. The van der Waals surface area contributed by atoms with Crippen molar-refractivity contribution in [3.8, 4) is 0 Å². The van der Waals surface area contributed by atoms with E-state index in [4.69, 9.17) is 0 Å². The molecule has 0 bridgehead atoms. The molecule has 1 aliphatic heterocycles. The monoisotopic (exact) mass is 412 g/mol. The standard InChI is InChI=1S/C27H28N2O2/c30-26(28-24-14-8-3-9-15-24)19-25-23(18-22-12-6-2-7-13-22)20-29(27(25)31)17-16-21-10-4-1-5-11-21/h1-15,23,25H,16-20H2,(H,28,30)/t23-,25+/m0/s1. The van der Waals surface area contributed by atoms with Crippen LogP contribution in [-0.4, -0.2) is 29.8 Å². The molecule has 1 fully saturated rings. The Morgan fingerprint density at radius 1 is 0.839 bits per heavy atom. The highest BCUT2D eigenvalue weighted by Gasteiger charge is 2.40. The third-order valence-electron chi connectivity index (χ3n) is 5.97. The number of hydrogen-bond donors (Lipinski definition) is 1. The summed E-state index contributed by atoms with van der Waals surface area (Å²) in [5.74, 6) is -0.167. The highest BCUT2D eigenvalue weighted by Crippen LogP contribution is 2.31. The molecule has 3 aromatic carbocycles. The second kappa shape index (κ2) is 10.1. The van der Waals surface area contributed by atoms with Crippen molar-refractivity contribution in [2.75, 3.05) is 18.4 Å². The van der Waals surface area contributed by atoms with Gasteiger partial charge in [0.05, 0.1) is 5.92 Å². The summed E-state index contributed by atoms with van der Waals surface area (Å²) in [5.41, 5.74) is 3.19. The minimum Gasteiger partial charge on any atom is -0.342 e. The highest BCUT2D eigenvalue weighted by molar-refractivity contribution is 5.94. The zero-order chi connectivity index (χ0) is 21.5. The first kappa shape index (κ1) is 20.9. The van der Waals surface area contributed by atoms with Gasteiger partial charge in [-0.05, 0) is 42.0 Å². The molecule has 158 valence electrons. The van der Waals surface area contributed by atoms with E-state index < -0.39 is 0 Å². The SMILES string of the molecule is O=C(C[C@H]1C(=O)N(CCc2ccccc2)C[C@@H]1Cc1ccccc1)Nc1ccccc1. The van der Waals surface area contributed by atoms with Gasteiger partial charge in [-0.25, -0.2) is 0 Å². The van der Waals surface area contributed by atoms with E-state index in [2.05, 4.69) is 29.6 Å². The van der Waals surface area contributed by atoms with Crippen LogP contribution < -0.4 is 5.32 Å². The van der Waals surface area contributed by atoms with Crippen molar-refractivity contribution < 1.29 is 9.59 Å². The Kier molecular flexibility index (Phi) is 6.78. The van der Waals surface area contributed by atoms with E-state index in [-0.39, 0.29) is 30.1 Å². The molecule has 1 aliphatic rings. The van der Waals surface area contributed by atoms with E-state index in [9.17, 15) is 9.59 Å². The Bertz CT molecular complexity index is 990. The van der Waals surface area contributed by atoms with Crippen molar-refractivity contribution in [3.63, 3.8) is 0 Å². The van der Waals surface area contributed by atoms with Gasteiger partial charge in [-0.15, -0.1) is 0 Å². The van der Waals surface area contributed by atoms with Crippen LogP contribution in [0.1, 0.15) is 17.5 Å². The molecule has 2 atom stereocenters. The van der Waals surface area contributed by atoms with E-state index >= 15 is 0 Å². The second-order valence-electron chi connectivity index (χ2n) is 8.19. The number of hydrogen-bond acceptors (Lipinski definition) is 2. The number of amides is 2. The van der Waals surface area contributed by atoms with E-state index in [0.717, 1.165) is 18.5 Å². The summed E-state index contributed by atoms with van der Waals surface area (Å²) in [6.07, 6.45) is 1.85. The number of nitrogens with one attached hydrogen (secondary N) is 1. The minimum atomic E-state index is -0.292. The van der Waals surface area contributed by atoms with Crippen molar-refractivity contribution in [1.82, 2.24) is 4.90 Å². The van der Waals surface area contributed by atoms with Crippen LogP contribution in [0.5, 0.6) is 0 Å². The lowest BCUT2D eigenvalue weighted by Crippen LogP contribution is -2.30. The molecule has 4 heteroatoms. The van der Waals surface area contributed by atoms with Gasteiger partial charge >= 0.3 is 0 Å². The number of carbonyl (C=O) groups is 2. The third-order valence-corrected chi connectivity index (χ3v) is 5.97. The van der Waals surface area contributed by atoms with Gasteiger partial charge in [0.2, 0.25) is 11.8 Å². The topological polar surface area (TPSA) is 49.4 Å². The van der Waals surface area contributed by atoms with Crippen molar-refractivity contribution in [2.24, 2.45) is 11.8 Å². The first-order chi connectivity index (χ1) is 15.2. The van der Waals surface area contributed by atoms with Crippen LogP contribution in [0.2, 0.25) is 0 Å². The average molecular weight is 413 g/mol. The smallest absolute Gasteiger partial charge is 0.226 e. The fourth-order valence-electron chi connectivity index (χ4n) is 4.36. The Labute approximate surface area is 183 Å². The number of para-hydroxylation sites is 1. The normalized spacial score (nSPS) is 18.2. The Balaban J connectivity index is 1.45. The molecule has 0 spiro atoms. The lowest BCUT2D eigenvalue weighted by molar-refractivity contribution is -0.133. The minimum absolute atomic E-state index is 0.0973. The maximum absolute atomic E-state index is 13.3. The van der Waals surface area contributed by atoms with Crippen LogP contribution in [0.15, 0.2) is 91.0 Å². The van der Waals surface area contributed by atoms with Gasteiger partial charge < -0.3 is 10.2 Å². The fourth-order valence-corrected chi connectivity index (χ4v) is 4.36. The molecule has 3 aromatic rings. The third kappa shape index (κ3) is 5.60. The van der Waals surface area contributed by atoms with Gasteiger partial charge in [0.15, 0.2) is 0 Å². The van der Waals surface area contributed by atoms with Crippen molar-refractivity contribution in [2.45, 2.75) is 19.3 Å². The van der Waals surface area contributed by atoms with Crippen LogP contribution in [0.3, 0.4) is 0 Å². The molecule has 31 heavy (non-hydrogen) atoms. The fraction of sp³-hybridized carbons (Fsp3) is 0.259. The van der Waals surface area contributed by atoms with Crippen LogP contribution >= 0.6 is 0 Å². The summed E-state index contributed by atoms with van der Waals surface area (Å²) >= 11 is 0. The average Bonchev–Trinajstić information content (AvgIpc) is 3.08. The maximum atomic E-state index is 13.3. The number of rotatable bonds is 8. The summed E-state index contributed by atoms with van der Waals surface area (Å²) in [6.45, 7) is 1.38. The van der Waals surface area contributed by atoms with Gasteiger partial charge in [0.1, 0.15) is 0 Å². The summed E-state index contributed by atoms with van der Waals surface area (Å²) in [7, 11) is 0. The molecular formula is C27H28N2O2. The number of likely N-dealkylation sites (tertiary alicyclic amines) is 1. The molecule has 2 amide bonds. The maximum Gasteiger partial charge on any atom is 0.226 e. The van der Waals surface area contributed by atoms with Gasteiger partial charge in [-0.1, -0.05) is 78.9 Å². The lowest BCUT2D eigenvalue weighted by Gasteiger charge is -2.16. The zero-order valence-corrected chi connectivity index (χ0v) is 17.6. The zero-order valence-electron chi connectivity index (χ0n) is 17.6. The molecule has 1 N–H and O–H groups in total. The molecule has 0 aliphatic carbocycles. The number of nitrogens with zero attached hydrogens (tertiary/aromatic N) is 1. The summed E-state index contributed by atoms with van der Waals surface area (Å²) in [4.78, 5) is 27.9. The summed E-state index contributed by atoms with van der Waals surface area (Å²) in [5, 5.41) is 2.94. The number of carbonyl (C=O) groups excluding carboxylic acids is 2. The highest BCUT2D eigenvalue weighted by atomic mass is 16.2. The predicted octanol–water partition coefficient (Wildman–Crippen LogP) is 4.58. The molecule has 1 heterocycles. The van der Waals surface area contributed by atoms with E-state index in [1.807, 2.05) is 71.6 Å². The Morgan fingerprint density at radius 2 is 1.42 bits per heavy atom. The van der Waals surface area contributed by atoms with E-state index in [1.165, 1.54) is 11.1 Å². The molecule has 0 saturated carbocycles. The molecule has 0 aromatic heterocycles. The Hall–Kier alpha value is -3.40. The van der Waals surface area contributed by atoms with E-state index in [1.54, 1.807) is 0 Å². The van der Waals surface area contributed by atoms with Crippen molar-refractivity contribution in [1.29, 1.82) is 0 Å². The van der Waals surface area contributed by atoms with Crippen LogP contribution in [0.25, 0.3) is 0 Å². The molecular weight excluding hydrogens is 384 g/mol. The first-order valence-corrected chi connectivity index (χ1v) is 10.9. The largest absolute Gasteiger partial charge is 0.342 e. The van der Waals surface area contributed by atoms with Crippen LogP contribution in [-0.2, 0) is 22.4 Å². The van der Waals surface area contributed by atoms with Gasteiger partial charge in [0, 0.05) is 25.2 Å². The molecule has 1 saturated heterocycles. The van der Waals surface area contributed by atoms with Crippen molar-refractivity contribution >= 4 is 17.5 Å². The molecule has 4 nitrogen and oxygen atoms in total. The predicted molar refractivity (Wildman–Crippen MR) is 124 cm³/mol. The number of anilines is 1. The second-order valence-corrected chi connectivity index (χ2v) is 8.19. The molecule has 4 rings (SSSR count). The van der Waals surface area contributed by atoms with E-state index in [0.29, 0.717) is 13.1 Å². The first-order valence-electron chi connectivity index (χ1n) is 10.9. The van der Waals surface area contributed by atoms with Crippen LogP contribution in [0.4, 0.5) is 5.69 Å². The quantitative estimate of drug-likeness (QED) is 0.589. The molecule has 0 radical (unpaired) electrons. The summed E-state index contributed by atoms with van der Waals surface area (Å²) < 4.78 is 0. The van der Waals surface area contributed by atoms with Gasteiger partial charge in [-0.2, -0.15) is 0 Å². The van der Waals surface area contributed by atoms with Gasteiger partial charge in [-0.3, -0.25) is 9.59 Å². The van der Waals surface area contributed by atoms with Gasteiger partial charge in [0.25, 0.3) is 0 Å². The van der Waals surface area contributed by atoms with Crippen LogP contribution in [0, 0.1) is 11.8 Å².